The molecule has 0 bridgehead atoms. The van der Waals surface area contributed by atoms with E-state index in [1.54, 1.807) is 6.07 Å². The second-order valence-corrected chi connectivity index (χ2v) is 9.78. The van der Waals surface area contributed by atoms with Gasteiger partial charge in [0, 0.05) is 23.1 Å². The number of nitrogens with zero attached hydrogens (tertiary/aromatic N) is 5. The van der Waals surface area contributed by atoms with Crippen molar-refractivity contribution in [2.24, 2.45) is 5.41 Å². The zero-order chi connectivity index (χ0) is 21.2. The van der Waals surface area contributed by atoms with E-state index in [0.29, 0.717) is 10.0 Å². The zero-order valence-corrected chi connectivity index (χ0v) is 19.2. The van der Waals surface area contributed by atoms with Gasteiger partial charge >= 0.3 is 0 Å². The number of allylic oxidation sites excluding steroid dienone is 1. The molecule has 1 aliphatic heterocycles. The summed E-state index contributed by atoms with van der Waals surface area (Å²) >= 11 is 12.4. The smallest absolute Gasteiger partial charge is 0.171 e. The van der Waals surface area contributed by atoms with Gasteiger partial charge in [-0.15, -0.1) is 5.10 Å². The quantitative estimate of drug-likeness (QED) is 0.668. The molecule has 158 valence electrons. The van der Waals surface area contributed by atoms with Gasteiger partial charge in [0.25, 0.3) is 0 Å². The zero-order valence-electron chi connectivity index (χ0n) is 17.7. The molecule has 1 saturated heterocycles. The number of hydrogen-bond donors (Lipinski definition) is 0. The number of morpholine rings is 1. The van der Waals surface area contributed by atoms with Crippen molar-refractivity contribution in [2.45, 2.75) is 46.2 Å². The first kappa shape index (κ1) is 22.2. The van der Waals surface area contributed by atoms with Gasteiger partial charge < -0.3 is 4.74 Å². The van der Waals surface area contributed by atoms with Gasteiger partial charge in [0.05, 0.1) is 24.8 Å². The first-order valence-corrected chi connectivity index (χ1v) is 10.6. The van der Waals surface area contributed by atoms with Crippen LogP contribution in [0.4, 0.5) is 0 Å². The van der Waals surface area contributed by atoms with E-state index < -0.39 is 0 Å². The highest BCUT2D eigenvalue weighted by Gasteiger charge is 2.38. The second kappa shape index (κ2) is 8.72. The van der Waals surface area contributed by atoms with Crippen molar-refractivity contribution >= 4 is 29.3 Å². The molecule has 29 heavy (non-hydrogen) atoms. The predicted molar refractivity (Wildman–Crippen MR) is 117 cm³/mol. The van der Waals surface area contributed by atoms with Crippen LogP contribution < -0.4 is 0 Å². The fraction of sp³-hybridized carbons (Fsp3) is 0.571. The molecule has 2 heterocycles. The summed E-state index contributed by atoms with van der Waals surface area (Å²) in [5.74, 6) is 0.839. The average Bonchev–Trinajstić information content (AvgIpc) is 3.13. The van der Waals surface area contributed by atoms with E-state index in [9.17, 15) is 0 Å². The summed E-state index contributed by atoms with van der Waals surface area (Å²) in [7, 11) is 0. The molecule has 6 nitrogen and oxygen atoms in total. The van der Waals surface area contributed by atoms with Crippen LogP contribution >= 0.6 is 23.2 Å². The maximum Gasteiger partial charge on any atom is 0.171 e. The second-order valence-electron chi connectivity index (χ2n) is 8.94. The van der Waals surface area contributed by atoms with Gasteiger partial charge in [0.15, 0.2) is 5.82 Å². The summed E-state index contributed by atoms with van der Waals surface area (Å²) in [5.41, 5.74) is 0.482. The van der Waals surface area contributed by atoms with Crippen LogP contribution in [0.15, 0.2) is 24.3 Å². The van der Waals surface area contributed by atoms with Crippen LogP contribution in [-0.2, 0) is 10.3 Å². The van der Waals surface area contributed by atoms with Gasteiger partial charge in [-0.1, -0.05) is 62.2 Å². The Morgan fingerprint density at radius 2 is 1.79 bits per heavy atom. The topological polar surface area (TPSA) is 56.1 Å². The lowest BCUT2D eigenvalue weighted by Crippen LogP contribution is -2.49. The molecule has 0 aliphatic carbocycles. The van der Waals surface area contributed by atoms with Crippen LogP contribution in [0.25, 0.3) is 6.08 Å². The molecule has 2 aromatic rings. The minimum atomic E-state index is -0.317. The van der Waals surface area contributed by atoms with Crippen molar-refractivity contribution in [3.63, 3.8) is 0 Å². The maximum absolute atomic E-state index is 6.36. The van der Waals surface area contributed by atoms with E-state index in [1.807, 2.05) is 22.9 Å². The Morgan fingerprint density at radius 1 is 1.10 bits per heavy atom. The number of aromatic nitrogens is 4. The average molecular weight is 438 g/mol. The van der Waals surface area contributed by atoms with Gasteiger partial charge in [-0.3, -0.25) is 4.90 Å². The predicted octanol–water partition coefficient (Wildman–Crippen LogP) is 4.85. The number of halogens is 2. The molecule has 0 N–H and O–H groups in total. The number of rotatable bonds is 5. The van der Waals surface area contributed by atoms with E-state index >= 15 is 0 Å². The normalized spacial score (nSPS) is 17.8. The largest absolute Gasteiger partial charge is 0.379 e. The SMILES string of the molecule is CC(C)(C)[C@@H](C=Cc1ccc(Cl)cc1Cl)n1nnnc1C(C)(C)N1CCOCC1. The number of hydrogen-bond acceptors (Lipinski definition) is 5. The summed E-state index contributed by atoms with van der Waals surface area (Å²) < 4.78 is 7.46. The molecular formula is C21H29Cl2N5O. The van der Waals surface area contributed by atoms with Crippen molar-refractivity contribution in [3.8, 4) is 0 Å². The molecule has 0 saturated carbocycles. The lowest BCUT2D eigenvalue weighted by Gasteiger charge is -2.41. The Balaban J connectivity index is 1.97. The summed E-state index contributed by atoms with van der Waals surface area (Å²) in [6, 6.07) is 5.45. The molecule has 1 aromatic carbocycles. The highest BCUT2D eigenvalue weighted by molar-refractivity contribution is 6.35. The molecule has 1 aromatic heterocycles. The summed E-state index contributed by atoms with van der Waals surface area (Å²) in [6.07, 6.45) is 4.13. The van der Waals surface area contributed by atoms with Crippen LogP contribution in [0.2, 0.25) is 10.0 Å². The number of benzene rings is 1. The monoisotopic (exact) mass is 437 g/mol. The Hall–Kier alpha value is -1.47. The fourth-order valence-electron chi connectivity index (χ4n) is 3.62. The van der Waals surface area contributed by atoms with Crippen LogP contribution in [0, 0.1) is 5.41 Å². The molecule has 0 amide bonds. The van der Waals surface area contributed by atoms with Crippen LogP contribution in [0.1, 0.15) is 52.0 Å². The minimum Gasteiger partial charge on any atom is -0.379 e. The van der Waals surface area contributed by atoms with Crippen LogP contribution in [-0.4, -0.2) is 51.4 Å². The summed E-state index contributed by atoms with van der Waals surface area (Å²) in [5, 5.41) is 14.1. The van der Waals surface area contributed by atoms with E-state index in [1.165, 1.54) is 0 Å². The van der Waals surface area contributed by atoms with Crippen molar-refractivity contribution < 1.29 is 4.74 Å². The molecule has 3 rings (SSSR count). The molecule has 0 spiro atoms. The van der Waals surface area contributed by atoms with Crippen molar-refractivity contribution in [3.05, 3.63) is 45.7 Å². The Morgan fingerprint density at radius 3 is 2.41 bits per heavy atom. The lowest BCUT2D eigenvalue weighted by molar-refractivity contribution is -0.0171. The molecule has 1 aliphatic rings. The highest BCUT2D eigenvalue weighted by atomic mass is 35.5. The van der Waals surface area contributed by atoms with Crippen molar-refractivity contribution in [1.29, 1.82) is 0 Å². The Bertz CT molecular complexity index is 866. The molecule has 0 unspecified atom stereocenters. The van der Waals surface area contributed by atoms with Gasteiger partial charge in [-0.05, 0) is 47.4 Å². The third-order valence-corrected chi connectivity index (χ3v) is 5.98. The van der Waals surface area contributed by atoms with Gasteiger partial charge in [-0.2, -0.15) is 0 Å². The molecule has 1 fully saturated rings. The maximum atomic E-state index is 6.36. The Kier molecular flexibility index (Phi) is 6.68. The number of ether oxygens (including phenoxy) is 1. The van der Waals surface area contributed by atoms with Gasteiger partial charge in [0.2, 0.25) is 0 Å². The van der Waals surface area contributed by atoms with E-state index in [0.717, 1.165) is 37.7 Å². The number of tetrazole rings is 1. The summed E-state index contributed by atoms with van der Waals surface area (Å²) in [6.45, 7) is 14.0. The van der Waals surface area contributed by atoms with Crippen LogP contribution in [0.5, 0.6) is 0 Å². The highest BCUT2D eigenvalue weighted by Crippen LogP contribution is 2.36. The van der Waals surface area contributed by atoms with E-state index in [-0.39, 0.29) is 17.0 Å². The molecule has 0 radical (unpaired) electrons. The molecular weight excluding hydrogens is 409 g/mol. The Labute approximate surface area is 182 Å². The third kappa shape index (κ3) is 5.00. The van der Waals surface area contributed by atoms with Crippen molar-refractivity contribution in [1.82, 2.24) is 25.1 Å². The van der Waals surface area contributed by atoms with Gasteiger partial charge in [-0.25, -0.2) is 4.68 Å². The molecule has 1 atom stereocenters. The van der Waals surface area contributed by atoms with Crippen LogP contribution in [0.3, 0.4) is 0 Å². The van der Waals surface area contributed by atoms with Crippen molar-refractivity contribution in [2.75, 3.05) is 26.3 Å². The summed E-state index contributed by atoms with van der Waals surface area (Å²) in [4.78, 5) is 2.37. The minimum absolute atomic E-state index is 0.0560. The lowest BCUT2D eigenvalue weighted by atomic mass is 9.85. The molecule has 8 heteroatoms. The first-order valence-electron chi connectivity index (χ1n) is 9.85. The fourth-order valence-corrected chi connectivity index (χ4v) is 4.09. The van der Waals surface area contributed by atoms with Gasteiger partial charge in [0.1, 0.15) is 0 Å². The van der Waals surface area contributed by atoms with E-state index in [4.69, 9.17) is 27.9 Å². The first-order chi connectivity index (χ1) is 13.6. The third-order valence-electron chi connectivity index (χ3n) is 5.41. The standard InChI is InChI=1S/C21H29Cl2N5O/c1-20(2,3)18(9-7-15-6-8-16(22)14-17(15)23)28-19(24-25-26-28)21(4,5)27-10-12-29-13-11-27/h6-9,14,18H,10-13H2,1-5H3/t18-/m1/s1. The van der Waals surface area contributed by atoms with E-state index in [2.05, 4.69) is 61.1 Å².